The summed E-state index contributed by atoms with van der Waals surface area (Å²) >= 11 is 0. The number of nitrogens with zero attached hydrogens (tertiary/aromatic N) is 3. The lowest BCUT2D eigenvalue weighted by molar-refractivity contribution is -0.141. The second kappa shape index (κ2) is 8.12. The molecule has 0 radical (unpaired) electrons. The van der Waals surface area contributed by atoms with Crippen LogP contribution in [0.5, 0.6) is 0 Å². The number of carbonyl (C=O) groups is 2. The largest absolute Gasteiger partial charge is 0.481 e. The molecule has 2 N–H and O–H groups in total. The Kier molecular flexibility index (Phi) is 6.74. The summed E-state index contributed by atoms with van der Waals surface area (Å²) in [6, 6.07) is 7.07. The summed E-state index contributed by atoms with van der Waals surface area (Å²) in [4.78, 5) is 29.3. The van der Waals surface area contributed by atoms with Crippen LogP contribution >= 0.6 is 24.8 Å². The van der Waals surface area contributed by atoms with E-state index in [0.29, 0.717) is 30.2 Å². The first kappa shape index (κ1) is 19.9. The Labute approximate surface area is 151 Å². The third-order valence-electron chi connectivity index (χ3n) is 3.79. The highest BCUT2D eigenvalue weighted by molar-refractivity contribution is 5.95. The fourth-order valence-corrected chi connectivity index (χ4v) is 2.59. The number of carbonyl (C=O) groups excluding carboxylic acids is 1. The molecule has 130 valence electrons. The van der Waals surface area contributed by atoms with E-state index in [-0.39, 0.29) is 37.3 Å². The normalized spacial score (nSPS) is 16.2. The van der Waals surface area contributed by atoms with E-state index in [0.717, 1.165) is 5.56 Å². The molecule has 1 saturated heterocycles. The molecular formula is C15H18Cl2N4O3. The van der Waals surface area contributed by atoms with E-state index in [1.807, 2.05) is 13.0 Å². The molecule has 2 heterocycles. The lowest BCUT2D eigenvalue weighted by atomic mass is 10.1. The SMILES string of the molecule is Cc1nc(-c2cccc(C(=O)N3CCC(C(=O)O)C3)c2)n[nH]1.Cl.Cl. The minimum absolute atomic E-state index is 0. The predicted molar refractivity (Wildman–Crippen MR) is 92.7 cm³/mol. The number of amides is 1. The number of carboxylic acid groups (broad SMARTS) is 1. The maximum absolute atomic E-state index is 12.5. The van der Waals surface area contributed by atoms with Crippen LogP contribution in [-0.2, 0) is 4.79 Å². The van der Waals surface area contributed by atoms with Gasteiger partial charge in [0.1, 0.15) is 5.82 Å². The van der Waals surface area contributed by atoms with Crippen LogP contribution in [0, 0.1) is 12.8 Å². The van der Waals surface area contributed by atoms with Crippen molar-refractivity contribution in [3.63, 3.8) is 0 Å². The molecule has 0 aliphatic carbocycles. The van der Waals surface area contributed by atoms with Crippen molar-refractivity contribution in [2.24, 2.45) is 5.92 Å². The Morgan fingerprint density at radius 1 is 1.33 bits per heavy atom. The van der Waals surface area contributed by atoms with E-state index < -0.39 is 11.9 Å². The molecular weight excluding hydrogens is 355 g/mol. The lowest BCUT2D eigenvalue weighted by Crippen LogP contribution is -2.29. The maximum atomic E-state index is 12.5. The van der Waals surface area contributed by atoms with Gasteiger partial charge in [0.25, 0.3) is 5.91 Å². The van der Waals surface area contributed by atoms with Crippen LogP contribution in [-0.4, -0.2) is 50.2 Å². The number of nitrogens with one attached hydrogen (secondary N) is 1. The minimum atomic E-state index is -0.847. The molecule has 7 nitrogen and oxygen atoms in total. The zero-order chi connectivity index (χ0) is 15.7. The summed E-state index contributed by atoms with van der Waals surface area (Å²) in [6.07, 6.45) is 0.501. The number of halogens is 2. The smallest absolute Gasteiger partial charge is 0.308 e. The number of benzene rings is 1. The van der Waals surface area contributed by atoms with E-state index in [2.05, 4.69) is 15.2 Å². The van der Waals surface area contributed by atoms with Crippen molar-refractivity contribution < 1.29 is 14.7 Å². The number of rotatable bonds is 3. The lowest BCUT2D eigenvalue weighted by Gasteiger charge is -2.16. The molecule has 1 aromatic heterocycles. The second-order valence-corrected chi connectivity index (χ2v) is 5.40. The Hall–Kier alpha value is -2.12. The van der Waals surface area contributed by atoms with Gasteiger partial charge >= 0.3 is 5.97 Å². The molecule has 9 heteroatoms. The van der Waals surface area contributed by atoms with Gasteiger partial charge in [-0.05, 0) is 25.5 Å². The Morgan fingerprint density at radius 3 is 2.67 bits per heavy atom. The number of likely N-dealkylation sites (tertiary alicyclic amines) is 1. The second-order valence-electron chi connectivity index (χ2n) is 5.40. The Bertz CT molecular complexity index is 735. The molecule has 24 heavy (non-hydrogen) atoms. The van der Waals surface area contributed by atoms with Crippen LogP contribution < -0.4 is 0 Å². The summed E-state index contributed by atoms with van der Waals surface area (Å²) < 4.78 is 0. The van der Waals surface area contributed by atoms with Gasteiger partial charge in [-0.15, -0.1) is 24.8 Å². The zero-order valence-electron chi connectivity index (χ0n) is 12.9. The number of aryl methyl sites for hydroxylation is 1. The quantitative estimate of drug-likeness (QED) is 0.859. The number of hydrogen-bond donors (Lipinski definition) is 2. The average molecular weight is 373 g/mol. The molecule has 0 saturated carbocycles. The first-order valence-corrected chi connectivity index (χ1v) is 7.06. The molecule has 1 atom stereocenters. The molecule has 0 bridgehead atoms. The van der Waals surface area contributed by atoms with E-state index in [1.165, 1.54) is 0 Å². The highest BCUT2D eigenvalue weighted by Crippen LogP contribution is 2.21. The summed E-state index contributed by atoms with van der Waals surface area (Å²) in [6.45, 7) is 2.54. The van der Waals surface area contributed by atoms with Gasteiger partial charge in [-0.2, -0.15) is 5.10 Å². The third-order valence-corrected chi connectivity index (χ3v) is 3.79. The average Bonchev–Trinajstić information content (AvgIpc) is 3.15. The van der Waals surface area contributed by atoms with Gasteiger partial charge in [0, 0.05) is 24.2 Å². The van der Waals surface area contributed by atoms with Crippen molar-refractivity contribution in [1.82, 2.24) is 20.1 Å². The highest BCUT2D eigenvalue weighted by atomic mass is 35.5. The molecule has 0 spiro atoms. The molecule has 1 aliphatic heterocycles. The fraction of sp³-hybridized carbons (Fsp3) is 0.333. The van der Waals surface area contributed by atoms with Crippen LogP contribution in [0.1, 0.15) is 22.6 Å². The maximum Gasteiger partial charge on any atom is 0.308 e. The minimum Gasteiger partial charge on any atom is -0.481 e. The van der Waals surface area contributed by atoms with Gasteiger partial charge < -0.3 is 10.0 Å². The summed E-state index contributed by atoms with van der Waals surface area (Å²) in [7, 11) is 0. The van der Waals surface area contributed by atoms with Crippen molar-refractivity contribution in [3.05, 3.63) is 35.7 Å². The van der Waals surface area contributed by atoms with Gasteiger partial charge in [-0.25, -0.2) is 4.98 Å². The van der Waals surface area contributed by atoms with Gasteiger partial charge in [0.05, 0.1) is 5.92 Å². The van der Waals surface area contributed by atoms with Crippen LogP contribution in [0.4, 0.5) is 0 Å². The van der Waals surface area contributed by atoms with E-state index in [1.54, 1.807) is 23.1 Å². The summed E-state index contributed by atoms with van der Waals surface area (Å²) in [5.41, 5.74) is 1.27. The molecule has 1 aliphatic rings. The Balaban J connectivity index is 0.00000144. The number of aromatic amines is 1. The van der Waals surface area contributed by atoms with Crippen LogP contribution in [0.2, 0.25) is 0 Å². The van der Waals surface area contributed by atoms with Gasteiger partial charge in [-0.3, -0.25) is 14.7 Å². The van der Waals surface area contributed by atoms with E-state index in [4.69, 9.17) is 5.11 Å². The van der Waals surface area contributed by atoms with Crippen LogP contribution in [0.15, 0.2) is 24.3 Å². The first-order valence-electron chi connectivity index (χ1n) is 7.06. The third kappa shape index (κ3) is 4.04. The number of carboxylic acids is 1. The van der Waals surface area contributed by atoms with Crippen molar-refractivity contribution in [3.8, 4) is 11.4 Å². The Morgan fingerprint density at radius 2 is 2.08 bits per heavy atom. The number of aromatic nitrogens is 3. The molecule has 1 fully saturated rings. The molecule has 1 aromatic carbocycles. The number of hydrogen-bond acceptors (Lipinski definition) is 4. The molecule has 1 amide bonds. The van der Waals surface area contributed by atoms with Crippen LogP contribution in [0.25, 0.3) is 11.4 Å². The van der Waals surface area contributed by atoms with E-state index >= 15 is 0 Å². The zero-order valence-corrected chi connectivity index (χ0v) is 14.6. The highest BCUT2D eigenvalue weighted by Gasteiger charge is 2.31. The monoisotopic (exact) mass is 372 g/mol. The van der Waals surface area contributed by atoms with Crippen molar-refractivity contribution in [2.45, 2.75) is 13.3 Å². The molecule has 2 aromatic rings. The standard InChI is InChI=1S/C15H16N4O3.2ClH/c1-9-16-13(18-17-9)10-3-2-4-11(7-10)14(20)19-6-5-12(8-19)15(21)22;;/h2-4,7,12H,5-6,8H2,1H3,(H,21,22)(H,16,17,18);2*1H. The van der Waals surface area contributed by atoms with Crippen molar-refractivity contribution in [1.29, 1.82) is 0 Å². The van der Waals surface area contributed by atoms with Gasteiger partial charge in [0.15, 0.2) is 5.82 Å². The molecule has 3 rings (SSSR count). The molecule has 1 unspecified atom stereocenters. The van der Waals surface area contributed by atoms with Crippen molar-refractivity contribution >= 4 is 36.7 Å². The van der Waals surface area contributed by atoms with E-state index in [9.17, 15) is 9.59 Å². The predicted octanol–water partition coefficient (Wildman–Crippen LogP) is 2.17. The van der Waals surface area contributed by atoms with Gasteiger partial charge in [-0.1, -0.05) is 12.1 Å². The first-order chi connectivity index (χ1) is 10.5. The summed E-state index contributed by atoms with van der Waals surface area (Å²) in [5.74, 6) is -0.228. The topological polar surface area (TPSA) is 99.2 Å². The van der Waals surface area contributed by atoms with Crippen LogP contribution in [0.3, 0.4) is 0 Å². The fourth-order valence-electron chi connectivity index (χ4n) is 2.59. The number of aliphatic carboxylic acids is 1. The summed E-state index contributed by atoms with van der Waals surface area (Å²) in [5, 5.41) is 15.9. The number of H-pyrrole nitrogens is 1. The van der Waals surface area contributed by atoms with Gasteiger partial charge in [0.2, 0.25) is 0 Å². The van der Waals surface area contributed by atoms with Crippen molar-refractivity contribution in [2.75, 3.05) is 13.1 Å².